The zero-order chi connectivity index (χ0) is 12.1. The third-order valence-corrected chi connectivity index (χ3v) is 3.38. The molecule has 0 bridgehead atoms. The van der Waals surface area contributed by atoms with Gasteiger partial charge in [-0.2, -0.15) is 0 Å². The number of rotatable bonds is 6. The minimum atomic E-state index is 0.745. The van der Waals surface area contributed by atoms with Crippen LogP contribution in [0.4, 0.5) is 0 Å². The molecule has 4 nitrogen and oxygen atoms in total. The first-order chi connectivity index (χ1) is 8.25. The molecule has 0 spiro atoms. The number of hydrogen-bond donors (Lipinski definition) is 1. The second-order valence-electron chi connectivity index (χ2n) is 4.83. The molecule has 1 N–H and O–H groups in total. The quantitative estimate of drug-likeness (QED) is 0.767. The average Bonchev–Trinajstić information content (AvgIpc) is 2.90. The predicted octanol–water partition coefficient (Wildman–Crippen LogP) is 1.87. The molecule has 0 unspecified atom stereocenters. The lowest BCUT2D eigenvalue weighted by atomic mass is 10.4. The van der Waals surface area contributed by atoms with E-state index in [2.05, 4.69) is 15.2 Å². The molecule has 0 atom stereocenters. The second-order valence-corrected chi connectivity index (χ2v) is 4.83. The van der Waals surface area contributed by atoms with Crippen LogP contribution in [0.1, 0.15) is 36.6 Å². The molecule has 1 saturated heterocycles. The van der Waals surface area contributed by atoms with Crippen LogP contribution in [-0.2, 0) is 6.54 Å². The summed E-state index contributed by atoms with van der Waals surface area (Å²) >= 11 is 0. The van der Waals surface area contributed by atoms with Crippen LogP contribution in [-0.4, -0.2) is 36.1 Å². The van der Waals surface area contributed by atoms with Gasteiger partial charge in [-0.1, -0.05) is 0 Å². The van der Waals surface area contributed by atoms with Gasteiger partial charge in [0.2, 0.25) is 5.89 Å². The van der Waals surface area contributed by atoms with Gasteiger partial charge in [-0.05, 0) is 59.3 Å². The Balaban J connectivity index is 1.56. The highest BCUT2D eigenvalue weighted by Crippen LogP contribution is 2.08. The van der Waals surface area contributed by atoms with Crippen molar-refractivity contribution in [3.63, 3.8) is 0 Å². The summed E-state index contributed by atoms with van der Waals surface area (Å²) in [4.78, 5) is 6.89. The number of aromatic nitrogens is 1. The van der Waals surface area contributed by atoms with Gasteiger partial charge in [0.25, 0.3) is 0 Å². The molecule has 1 aliphatic rings. The molecule has 4 heteroatoms. The van der Waals surface area contributed by atoms with Crippen LogP contribution in [0.2, 0.25) is 0 Å². The van der Waals surface area contributed by atoms with E-state index < -0.39 is 0 Å². The van der Waals surface area contributed by atoms with Crippen molar-refractivity contribution in [2.24, 2.45) is 0 Å². The molecule has 0 radical (unpaired) electrons. The molecule has 1 aromatic rings. The summed E-state index contributed by atoms with van der Waals surface area (Å²) in [6.45, 7) is 9.52. The number of aryl methyl sites for hydroxylation is 2. The smallest absolute Gasteiger partial charge is 0.208 e. The Morgan fingerprint density at radius 1 is 1.29 bits per heavy atom. The van der Waals surface area contributed by atoms with E-state index in [1.807, 2.05) is 13.8 Å². The van der Waals surface area contributed by atoms with E-state index in [0.29, 0.717) is 0 Å². The van der Waals surface area contributed by atoms with Crippen molar-refractivity contribution in [3.8, 4) is 0 Å². The van der Waals surface area contributed by atoms with Crippen molar-refractivity contribution in [2.75, 3.05) is 26.2 Å². The number of likely N-dealkylation sites (tertiary alicyclic amines) is 1. The average molecular weight is 237 g/mol. The first-order valence-corrected chi connectivity index (χ1v) is 6.61. The summed E-state index contributed by atoms with van der Waals surface area (Å²) in [7, 11) is 0. The minimum absolute atomic E-state index is 0.745. The zero-order valence-corrected chi connectivity index (χ0v) is 11.0. The molecule has 17 heavy (non-hydrogen) atoms. The summed E-state index contributed by atoms with van der Waals surface area (Å²) in [5.41, 5.74) is 0.999. The molecule has 1 fully saturated rings. The molecule has 1 aromatic heterocycles. The maximum absolute atomic E-state index is 5.51. The molecule has 2 heterocycles. The molecule has 0 aliphatic carbocycles. The summed E-state index contributed by atoms with van der Waals surface area (Å²) < 4.78 is 5.51. The summed E-state index contributed by atoms with van der Waals surface area (Å²) in [5.74, 6) is 1.74. The number of oxazole rings is 1. The maximum atomic E-state index is 5.51. The molecule has 0 saturated carbocycles. The number of hydrogen-bond acceptors (Lipinski definition) is 4. The van der Waals surface area contributed by atoms with Crippen molar-refractivity contribution in [3.05, 3.63) is 17.3 Å². The summed E-state index contributed by atoms with van der Waals surface area (Å²) in [6, 6.07) is 0. The predicted molar refractivity (Wildman–Crippen MR) is 68.0 cm³/mol. The Labute approximate surface area is 103 Å². The van der Waals surface area contributed by atoms with Gasteiger partial charge >= 0.3 is 0 Å². The van der Waals surface area contributed by atoms with Gasteiger partial charge in [-0.3, -0.25) is 0 Å². The molecule has 0 aromatic carbocycles. The largest absolute Gasteiger partial charge is 0.444 e. The van der Waals surface area contributed by atoms with Gasteiger partial charge in [-0.25, -0.2) is 4.98 Å². The van der Waals surface area contributed by atoms with Gasteiger partial charge in [0, 0.05) is 0 Å². The Kier molecular flexibility index (Phi) is 4.57. The van der Waals surface area contributed by atoms with Crippen molar-refractivity contribution < 1.29 is 4.42 Å². The first kappa shape index (κ1) is 12.6. The molecule has 2 rings (SSSR count). The number of nitrogens with one attached hydrogen (secondary N) is 1. The Morgan fingerprint density at radius 3 is 2.71 bits per heavy atom. The van der Waals surface area contributed by atoms with Crippen LogP contribution in [0.5, 0.6) is 0 Å². The summed E-state index contributed by atoms with van der Waals surface area (Å²) in [5, 5.41) is 3.38. The second kappa shape index (κ2) is 6.17. The van der Waals surface area contributed by atoms with Gasteiger partial charge in [0.05, 0.1) is 12.2 Å². The minimum Gasteiger partial charge on any atom is -0.444 e. The van der Waals surface area contributed by atoms with E-state index in [1.54, 1.807) is 0 Å². The molecule has 0 amide bonds. The lowest BCUT2D eigenvalue weighted by molar-refractivity contribution is 0.329. The van der Waals surface area contributed by atoms with Crippen LogP contribution in [0.25, 0.3) is 0 Å². The lowest BCUT2D eigenvalue weighted by Crippen LogP contribution is -2.24. The third-order valence-electron chi connectivity index (χ3n) is 3.38. The van der Waals surface area contributed by atoms with Crippen molar-refractivity contribution in [1.82, 2.24) is 15.2 Å². The highest BCUT2D eigenvalue weighted by atomic mass is 16.4. The van der Waals surface area contributed by atoms with Crippen LogP contribution >= 0.6 is 0 Å². The van der Waals surface area contributed by atoms with Gasteiger partial charge in [0.1, 0.15) is 5.76 Å². The van der Waals surface area contributed by atoms with Gasteiger partial charge in [-0.15, -0.1) is 0 Å². The van der Waals surface area contributed by atoms with Crippen molar-refractivity contribution in [1.29, 1.82) is 0 Å². The fourth-order valence-corrected chi connectivity index (χ4v) is 2.24. The molecular weight excluding hydrogens is 214 g/mol. The molecule has 96 valence electrons. The first-order valence-electron chi connectivity index (χ1n) is 6.61. The van der Waals surface area contributed by atoms with E-state index in [-0.39, 0.29) is 0 Å². The van der Waals surface area contributed by atoms with Crippen molar-refractivity contribution >= 4 is 0 Å². The van der Waals surface area contributed by atoms with Crippen LogP contribution < -0.4 is 5.32 Å². The standard InChI is InChI=1S/C13H23N3O/c1-11-12(2)17-13(15-11)10-14-6-5-9-16-7-3-4-8-16/h14H,3-10H2,1-2H3. The van der Waals surface area contributed by atoms with E-state index >= 15 is 0 Å². The van der Waals surface area contributed by atoms with Crippen LogP contribution in [0.15, 0.2) is 4.42 Å². The van der Waals surface area contributed by atoms with E-state index in [9.17, 15) is 0 Å². The Bertz CT molecular complexity index is 323. The SMILES string of the molecule is Cc1nc(CNCCCN2CCCC2)oc1C. The fraction of sp³-hybridized carbons (Fsp3) is 0.769. The van der Waals surface area contributed by atoms with Gasteiger partial charge in [0.15, 0.2) is 0 Å². The zero-order valence-electron chi connectivity index (χ0n) is 11.0. The molecular formula is C13H23N3O. The van der Waals surface area contributed by atoms with Crippen LogP contribution in [0.3, 0.4) is 0 Å². The highest BCUT2D eigenvalue weighted by molar-refractivity contribution is 5.04. The lowest BCUT2D eigenvalue weighted by Gasteiger charge is -2.13. The fourth-order valence-electron chi connectivity index (χ4n) is 2.24. The van der Waals surface area contributed by atoms with Gasteiger partial charge < -0.3 is 14.6 Å². The monoisotopic (exact) mass is 237 g/mol. The maximum Gasteiger partial charge on any atom is 0.208 e. The third kappa shape index (κ3) is 3.82. The normalized spacial score (nSPS) is 16.8. The van der Waals surface area contributed by atoms with E-state index in [1.165, 1.54) is 38.9 Å². The Morgan fingerprint density at radius 2 is 2.06 bits per heavy atom. The Hall–Kier alpha value is -0.870. The number of nitrogens with zero attached hydrogens (tertiary/aromatic N) is 2. The summed E-state index contributed by atoms with van der Waals surface area (Å²) in [6.07, 6.45) is 3.96. The topological polar surface area (TPSA) is 41.3 Å². The van der Waals surface area contributed by atoms with Crippen LogP contribution in [0, 0.1) is 13.8 Å². The molecule has 1 aliphatic heterocycles. The van der Waals surface area contributed by atoms with E-state index in [0.717, 1.165) is 30.4 Å². The highest BCUT2D eigenvalue weighted by Gasteiger charge is 2.10. The van der Waals surface area contributed by atoms with E-state index in [4.69, 9.17) is 4.42 Å². The van der Waals surface area contributed by atoms with Crippen molar-refractivity contribution in [2.45, 2.75) is 39.7 Å².